The number of amides is 1. The van der Waals surface area contributed by atoms with E-state index in [2.05, 4.69) is 52.0 Å². The molecule has 1 fully saturated rings. The van der Waals surface area contributed by atoms with Gasteiger partial charge in [0.25, 0.3) is 0 Å². The largest absolute Gasteiger partial charge is 0.368 e. The van der Waals surface area contributed by atoms with Crippen LogP contribution in [0.15, 0.2) is 28.7 Å². The Morgan fingerprint density at radius 1 is 1.00 bits per heavy atom. The van der Waals surface area contributed by atoms with E-state index >= 15 is 0 Å². The van der Waals surface area contributed by atoms with Crippen molar-refractivity contribution >= 4 is 27.5 Å². The second-order valence-corrected chi connectivity index (χ2v) is 6.92. The van der Waals surface area contributed by atoms with Crippen LogP contribution in [-0.4, -0.2) is 37.0 Å². The second-order valence-electron chi connectivity index (χ2n) is 6.01. The van der Waals surface area contributed by atoms with E-state index in [1.165, 1.54) is 31.4 Å². The second kappa shape index (κ2) is 9.19. The summed E-state index contributed by atoms with van der Waals surface area (Å²) in [5, 5.41) is 0. The molecule has 2 rings (SSSR count). The average Bonchev–Trinajstić information content (AvgIpc) is 2.55. The summed E-state index contributed by atoms with van der Waals surface area (Å²) in [5.41, 5.74) is 1.25. The van der Waals surface area contributed by atoms with E-state index in [4.69, 9.17) is 0 Å². The lowest BCUT2D eigenvalue weighted by atomic mass is 10.1. The third kappa shape index (κ3) is 5.31. The lowest BCUT2D eigenvalue weighted by Crippen LogP contribution is -2.48. The Bertz CT molecular complexity index is 453. The van der Waals surface area contributed by atoms with Gasteiger partial charge in [-0.05, 0) is 30.7 Å². The van der Waals surface area contributed by atoms with Gasteiger partial charge in [0.2, 0.25) is 5.91 Å². The van der Waals surface area contributed by atoms with E-state index in [0.717, 1.165) is 43.5 Å². The molecule has 0 spiro atoms. The van der Waals surface area contributed by atoms with E-state index in [1.54, 1.807) is 0 Å². The molecule has 0 N–H and O–H groups in total. The summed E-state index contributed by atoms with van der Waals surface area (Å²) in [5.74, 6) is 0.340. The van der Waals surface area contributed by atoms with Gasteiger partial charge >= 0.3 is 0 Å². The van der Waals surface area contributed by atoms with Gasteiger partial charge in [-0.2, -0.15) is 0 Å². The van der Waals surface area contributed by atoms with Crippen LogP contribution in [0.1, 0.15) is 45.4 Å². The fourth-order valence-corrected chi connectivity index (χ4v) is 3.17. The number of nitrogens with zero attached hydrogens (tertiary/aromatic N) is 2. The first-order chi connectivity index (χ1) is 10.7. The summed E-state index contributed by atoms with van der Waals surface area (Å²) in [6, 6.07) is 8.41. The SMILES string of the molecule is CCCCCCCC(=O)N1CCN(c2ccc(Br)cc2)CC1. The average molecular weight is 367 g/mol. The van der Waals surface area contributed by atoms with Gasteiger partial charge in [0.1, 0.15) is 0 Å². The minimum atomic E-state index is 0.340. The molecule has 1 aromatic carbocycles. The molecule has 0 unspecified atom stereocenters. The Balaban J connectivity index is 1.70. The van der Waals surface area contributed by atoms with Crippen molar-refractivity contribution in [3.63, 3.8) is 0 Å². The molecule has 4 heteroatoms. The molecule has 0 atom stereocenters. The lowest BCUT2D eigenvalue weighted by Gasteiger charge is -2.36. The van der Waals surface area contributed by atoms with Crippen LogP contribution in [-0.2, 0) is 4.79 Å². The van der Waals surface area contributed by atoms with Gasteiger partial charge in [0, 0.05) is 42.8 Å². The molecule has 0 aromatic heterocycles. The van der Waals surface area contributed by atoms with E-state index in [9.17, 15) is 4.79 Å². The predicted octanol–water partition coefficient (Wildman–Crippen LogP) is 4.46. The fraction of sp³-hybridized carbons (Fsp3) is 0.611. The molecule has 1 aliphatic heterocycles. The molecule has 22 heavy (non-hydrogen) atoms. The number of hydrogen-bond donors (Lipinski definition) is 0. The van der Waals surface area contributed by atoms with Crippen molar-refractivity contribution in [1.82, 2.24) is 4.90 Å². The summed E-state index contributed by atoms with van der Waals surface area (Å²) in [4.78, 5) is 16.6. The van der Waals surface area contributed by atoms with Crippen molar-refractivity contribution in [1.29, 1.82) is 0 Å². The molecular formula is C18H27BrN2O. The molecule has 0 bridgehead atoms. The first kappa shape index (κ1) is 17.3. The maximum Gasteiger partial charge on any atom is 0.222 e. The summed E-state index contributed by atoms with van der Waals surface area (Å²) >= 11 is 3.47. The highest BCUT2D eigenvalue weighted by Gasteiger charge is 2.20. The molecule has 122 valence electrons. The van der Waals surface area contributed by atoms with Crippen molar-refractivity contribution in [2.24, 2.45) is 0 Å². The van der Waals surface area contributed by atoms with Gasteiger partial charge in [0.15, 0.2) is 0 Å². The number of rotatable bonds is 7. The Labute approximate surface area is 142 Å². The zero-order chi connectivity index (χ0) is 15.8. The number of hydrogen-bond acceptors (Lipinski definition) is 2. The van der Waals surface area contributed by atoms with Crippen molar-refractivity contribution in [2.75, 3.05) is 31.1 Å². The predicted molar refractivity (Wildman–Crippen MR) is 96.3 cm³/mol. The van der Waals surface area contributed by atoms with Gasteiger partial charge < -0.3 is 9.80 Å². The van der Waals surface area contributed by atoms with Gasteiger partial charge in [-0.3, -0.25) is 4.79 Å². The van der Waals surface area contributed by atoms with Crippen LogP contribution in [0.5, 0.6) is 0 Å². The molecule has 1 heterocycles. The van der Waals surface area contributed by atoms with E-state index < -0.39 is 0 Å². The summed E-state index contributed by atoms with van der Waals surface area (Å²) < 4.78 is 1.10. The molecule has 0 saturated carbocycles. The number of piperazine rings is 1. The highest BCUT2D eigenvalue weighted by atomic mass is 79.9. The van der Waals surface area contributed by atoms with Gasteiger partial charge in [0.05, 0.1) is 0 Å². The topological polar surface area (TPSA) is 23.6 Å². The Morgan fingerprint density at radius 2 is 1.64 bits per heavy atom. The highest BCUT2D eigenvalue weighted by molar-refractivity contribution is 9.10. The Morgan fingerprint density at radius 3 is 2.27 bits per heavy atom. The smallest absolute Gasteiger partial charge is 0.222 e. The third-order valence-corrected chi connectivity index (χ3v) is 4.85. The molecule has 0 radical (unpaired) electrons. The highest BCUT2D eigenvalue weighted by Crippen LogP contribution is 2.20. The molecule has 1 aliphatic rings. The van der Waals surface area contributed by atoms with Crippen molar-refractivity contribution in [3.8, 4) is 0 Å². The third-order valence-electron chi connectivity index (χ3n) is 4.32. The lowest BCUT2D eigenvalue weighted by molar-refractivity contribution is -0.131. The first-order valence-electron chi connectivity index (χ1n) is 8.49. The molecule has 0 aliphatic carbocycles. The summed E-state index contributed by atoms with van der Waals surface area (Å²) in [6.45, 7) is 5.79. The number of carbonyl (C=O) groups excluding carboxylic acids is 1. The van der Waals surface area contributed by atoms with Crippen LogP contribution in [0.25, 0.3) is 0 Å². The summed E-state index contributed by atoms with van der Waals surface area (Å²) in [7, 11) is 0. The monoisotopic (exact) mass is 366 g/mol. The van der Waals surface area contributed by atoms with E-state index in [1.807, 2.05) is 4.90 Å². The number of halogens is 1. The molecule has 3 nitrogen and oxygen atoms in total. The van der Waals surface area contributed by atoms with Crippen LogP contribution in [0.4, 0.5) is 5.69 Å². The standard InChI is InChI=1S/C18H27BrN2O/c1-2-3-4-5-6-7-18(22)21-14-12-20(13-15-21)17-10-8-16(19)9-11-17/h8-11H,2-7,12-15H2,1H3. The molecule has 1 saturated heterocycles. The Hall–Kier alpha value is -1.03. The molecular weight excluding hydrogens is 340 g/mol. The quantitative estimate of drug-likeness (QED) is 0.665. The van der Waals surface area contributed by atoms with Crippen molar-refractivity contribution in [3.05, 3.63) is 28.7 Å². The summed E-state index contributed by atoms with van der Waals surface area (Å²) in [6.07, 6.45) is 6.78. The van der Waals surface area contributed by atoms with Crippen LogP contribution in [0, 0.1) is 0 Å². The van der Waals surface area contributed by atoms with Crippen LogP contribution in [0.2, 0.25) is 0 Å². The minimum Gasteiger partial charge on any atom is -0.368 e. The molecule has 1 aromatic rings. The van der Waals surface area contributed by atoms with Gasteiger partial charge in [-0.1, -0.05) is 48.5 Å². The zero-order valence-corrected chi connectivity index (χ0v) is 15.1. The minimum absolute atomic E-state index is 0.340. The number of benzene rings is 1. The molecule has 1 amide bonds. The van der Waals surface area contributed by atoms with Crippen LogP contribution in [0.3, 0.4) is 0 Å². The van der Waals surface area contributed by atoms with Crippen molar-refractivity contribution < 1.29 is 4.79 Å². The van der Waals surface area contributed by atoms with Gasteiger partial charge in [-0.25, -0.2) is 0 Å². The maximum atomic E-state index is 12.2. The normalized spacial score (nSPS) is 15.2. The number of carbonyl (C=O) groups is 1. The number of anilines is 1. The number of unbranched alkanes of at least 4 members (excludes halogenated alkanes) is 4. The first-order valence-corrected chi connectivity index (χ1v) is 9.28. The Kier molecular flexibility index (Phi) is 7.23. The maximum absolute atomic E-state index is 12.2. The van der Waals surface area contributed by atoms with E-state index in [-0.39, 0.29) is 0 Å². The van der Waals surface area contributed by atoms with Crippen molar-refractivity contribution in [2.45, 2.75) is 45.4 Å². The van der Waals surface area contributed by atoms with Gasteiger partial charge in [-0.15, -0.1) is 0 Å². The fourth-order valence-electron chi connectivity index (χ4n) is 2.90. The van der Waals surface area contributed by atoms with Crippen LogP contribution >= 0.6 is 15.9 Å². The van der Waals surface area contributed by atoms with Crippen LogP contribution < -0.4 is 4.90 Å². The van der Waals surface area contributed by atoms with E-state index in [0.29, 0.717) is 5.91 Å². The zero-order valence-electron chi connectivity index (χ0n) is 13.6.